The van der Waals surface area contributed by atoms with Crippen molar-refractivity contribution in [2.45, 2.75) is 26.7 Å². The Labute approximate surface area is 178 Å². The number of rotatable bonds is 7. The number of amides is 3. The van der Waals surface area contributed by atoms with E-state index in [1.54, 1.807) is 12.1 Å². The SMILES string of the molecule is Cc1cccc(C)c1NC(=O)CCC(=O)OCC(=O)NNC(=O)c1ccccc1Cl. The van der Waals surface area contributed by atoms with Gasteiger partial charge < -0.3 is 10.1 Å². The van der Waals surface area contributed by atoms with Gasteiger partial charge in [-0.15, -0.1) is 0 Å². The van der Waals surface area contributed by atoms with Crippen molar-refractivity contribution in [2.75, 3.05) is 11.9 Å². The first-order valence-electron chi connectivity index (χ1n) is 9.13. The molecule has 9 heteroatoms. The average molecular weight is 432 g/mol. The van der Waals surface area contributed by atoms with Gasteiger partial charge in [0.2, 0.25) is 5.91 Å². The van der Waals surface area contributed by atoms with Crippen molar-refractivity contribution in [3.05, 3.63) is 64.2 Å². The molecule has 0 saturated heterocycles. The number of ether oxygens (including phenoxy) is 1. The van der Waals surface area contributed by atoms with Crippen LogP contribution in [-0.4, -0.2) is 30.3 Å². The quantitative estimate of drug-likeness (QED) is 0.460. The molecule has 0 radical (unpaired) electrons. The van der Waals surface area contributed by atoms with Gasteiger partial charge in [0.05, 0.1) is 17.0 Å². The van der Waals surface area contributed by atoms with E-state index in [2.05, 4.69) is 16.2 Å². The standard InChI is InChI=1S/C21H22ClN3O5/c1-13-6-5-7-14(2)20(13)23-17(26)10-11-19(28)30-12-18(27)24-25-21(29)15-8-3-4-9-16(15)22/h3-9H,10-12H2,1-2H3,(H,23,26)(H,24,27)(H,25,29). The van der Waals surface area contributed by atoms with Crippen LogP contribution in [0.3, 0.4) is 0 Å². The van der Waals surface area contributed by atoms with Crippen LogP contribution in [0.1, 0.15) is 34.3 Å². The fourth-order valence-electron chi connectivity index (χ4n) is 2.52. The number of nitrogens with one attached hydrogen (secondary N) is 3. The van der Waals surface area contributed by atoms with Gasteiger partial charge in [-0.05, 0) is 37.1 Å². The Morgan fingerprint density at radius 3 is 2.20 bits per heavy atom. The third kappa shape index (κ3) is 6.89. The lowest BCUT2D eigenvalue weighted by Gasteiger charge is -2.11. The normalized spacial score (nSPS) is 10.1. The first-order chi connectivity index (χ1) is 14.3. The van der Waals surface area contributed by atoms with Crippen LogP contribution in [0.5, 0.6) is 0 Å². The Morgan fingerprint density at radius 1 is 0.867 bits per heavy atom. The largest absolute Gasteiger partial charge is 0.455 e. The maximum Gasteiger partial charge on any atom is 0.306 e. The van der Waals surface area contributed by atoms with Crippen LogP contribution in [0, 0.1) is 13.8 Å². The summed E-state index contributed by atoms with van der Waals surface area (Å²) in [6.07, 6.45) is -0.270. The average Bonchev–Trinajstić information content (AvgIpc) is 2.72. The lowest BCUT2D eigenvalue weighted by Crippen LogP contribution is -2.43. The van der Waals surface area contributed by atoms with Crippen LogP contribution in [0.25, 0.3) is 0 Å². The molecular weight excluding hydrogens is 410 g/mol. The molecule has 3 N–H and O–H groups in total. The fourth-order valence-corrected chi connectivity index (χ4v) is 2.74. The predicted octanol–water partition coefficient (Wildman–Crippen LogP) is 2.68. The molecule has 0 fully saturated rings. The van der Waals surface area contributed by atoms with E-state index in [1.807, 2.05) is 32.0 Å². The number of anilines is 1. The molecule has 8 nitrogen and oxygen atoms in total. The second-order valence-electron chi connectivity index (χ2n) is 6.46. The highest BCUT2D eigenvalue weighted by Gasteiger charge is 2.14. The molecule has 0 aliphatic rings. The Bertz CT molecular complexity index is 941. The minimum Gasteiger partial charge on any atom is -0.455 e. The summed E-state index contributed by atoms with van der Waals surface area (Å²) in [7, 11) is 0. The van der Waals surface area contributed by atoms with Crippen molar-refractivity contribution in [3.8, 4) is 0 Å². The van der Waals surface area contributed by atoms with E-state index >= 15 is 0 Å². The monoisotopic (exact) mass is 431 g/mol. The molecule has 3 amide bonds. The van der Waals surface area contributed by atoms with E-state index in [4.69, 9.17) is 16.3 Å². The van der Waals surface area contributed by atoms with Crippen LogP contribution >= 0.6 is 11.6 Å². The molecule has 0 atom stereocenters. The Kier molecular flexibility index (Phi) is 8.37. The van der Waals surface area contributed by atoms with Gasteiger partial charge in [0.1, 0.15) is 0 Å². The minimum absolute atomic E-state index is 0.0858. The lowest BCUT2D eigenvalue weighted by atomic mass is 10.1. The van der Waals surface area contributed by atoms with E-state index in [0.29, 0.717) is 5.69 Å². The number of aryl methyl sites for hydroxylation is 2. The van der Waals surface area contributed by atoms with Gasteiger partial charge in [-0.3, -0.25) is 30.0 Å². The number of esters is 1. The molecule has 158 valence electrons. The zero-order valence-corrected chi connectivity index (χ0v) is 17.3. The third-order valence-electron chi connectivity index (χ3n) is 4.10. The number of benzene rings is 2. The van der Waals surface area contributed by atoms with E-state index in [-0.39, 0.29) is 29.3 Å². The van der Waals surface area contributed by atoms with Crippen molar-refractivity contribution in [1.82, 2.24) is 10.9 Å². The van der Waals surface area contributed by atoms with Gasteiger partial charge in [0.15, 0.2) is 6.61 Å². The molecule has 2 aromatic carbocycles. The summed E-state index contributed by atoms with van der Waals surface area (Å²) in [4.78, 5) is 47.4. The second-order valence-corrected chi connectivity index (χ2v) is 6.87. The number of carbonyl (C=O) groups is 4. The van der Waals surface area contributed by atoms with Gasteiger partial charge in [-0.2, -0.15) is 0 Å². The molecule has 0 aromatic heterocycles. The molecule has 30 heavy (non-hydrogen) atoms. The van der Waals surface area contributed by atoms with Crippen molar-refractivity contribution in [2.24, 2.45) is 0 Å². The lowest BCUT2D eigenvalue weighted by molar-refractivity contribution is -0.149. The highest BCUT2D eigenvalue weighted by molar-refractivity contribution is 6.33. The number of carbonyl (C=O) groups excluding carboxylic acids is 4. The van der Waals surface area contributed by atoms with Crippen molar-refractivity contribution in [1.29, 1.82) is 0 Å². The third-order valence-corrected chi connectivity index (χ3v) is 4.43. The van der Waals surface area contributed by atoms with Gasteiger partial charge in [0, 0.05) is 12.1 Å². The van der Waals surface area contributed by atoms with E-state index < -0.39 is 24.4 Å². The van der Waals surface area contributed by atoms with E-state index in [0.717, 1.165) is 11.1 Å². The molecule has 0 heterocycles. The van der Waals surface area contributed by atoms with Crippen LogP contribution < -0.4 is 16.2 Å². The Morgan fingerprint density at radius 2 is 1.53 bits per heavy atom. The molecule has 0 bridgehead atoms. The second kappa shape index (κ2) is 11.0. The zero-order valence-electron chi connectivity index (χ0n) is 16.6. The zero-order chi connectivity index (χ0) is 22.1. The molecule has 0 spiro atoms. The van der Waals surface area contributed by atoms with Crippen molar-refractivity contribution >= 4 is 41.0 Å². The van der Waals surface area contributed by atoms with Crippen molar-refractivity contribution in [3.63, 3.8) is 0 Å². The Hall–Kier alpha value is -3.39. The number of hydrogen-bond donors (Lipinski definition) is 3. The molecule has 0 unspecified atom stereocenters. The van der Waals surface area contributed by atoms with Gasteiger partial charge in [0.25, 0.3) is 11.8 Å². The number of hydrogen-bond acceptors (Lipinski definition) is 5. The smallest absolute Gasteiger partial charge is 0.306 e. The fraction of sp³-hybridized carbons (Fsp3) is 0.238. The summed E-state index contributed by atoms with van der Waals surface area (Å²) in [5.74, 6) is -2.38. The topological polar surface area (TPSA) is 114 Å². The molecule has 0 aliphatic heterocycles. The number of para-hydroxylation sites is 1. The van der Waals surface area contributed by atoms with Crippen molar-refractivity contribution < 1.29 is 23.9 Å². The molecule has 0 aliphatic carbocycles. The highest BCUT2D eigenvalue weighted by atomic mass is 35.5. The maximum absolute atomic E-state index is 12.0. The summed E-state index contributed by atoms with van der Waals surface area (Å²) in [5, 5.41) is 3.00. The van der Waals surface area contributed by atoms with Gasteiger partial charge in [-0.25, -0.2) is 0 Å². The first-order valence-corrected chi connectivity index (χ1v) is 9.51. The summed E-state index contributed by atoms with van der Waals surface area (Å²) in [6, 6.07) is 12.0. The van der Waals surface area contributed by atoms with Gasteiger partial charge >= 0.3 is 5.97 Å². The first kappa shape index (κ1) is 22.9. The van der Waals surface area contributed by atoms with Crippen LogP contribution in [0.15, 0.2) is 42.5 Å². The molecule has 2 aromatic rings. The van der Waals surface area contributed by atoms with E-state index in [1.165, 1.54) is 12.1 Å². The summed E-state index contributed by atoms with van der Waals surface area (Å²) in [6.45, 7) is 3.15. The van der Waals surface area contributed by atoms with Crippen LogP contribution in [0.4, 0.5) is 5.69 Å². The molecule has 2 rings (SSSR count). The minimum atomic E-state index is -0.733. The summed E-state index contributed by atoms with van der Waals surface area (Å²) < 4.78 is 4.81. The summed E-state index contributed by atoms with van der Waals surface area (Å²) >= 11 is 5.89. The Balaban J connectivity index is 1.69. The molecular formula is C21H22ClN3O5. The maximum atomic E-state index is 12.0. The molecule has 0 saturated carbocycles. The number of hydrazine groups is 1. The predicted molar refractivity (Wildman–Crippen MR) is 112 cm³/mol. The number of halogens is 1. The summed E-state index contributed by atoms with van der Waals surface area (Å²) in [5.41, 5.74) is 7.03. The van der Waals surface area contributed by atoms with Crippen LogP contribution in [-0.2, 0) is 19.1 Å². The van der Waals surface area contributed by atoms with E-state index in [9.17, 15) is 19.2 Å². The van der Waals surface area contributed by atoms with Crippen LogP contribution in [0.2, 0.25) is 5.02 Å². The highest BCUT2D eigenvalue weighted by Crippen LogP contribution is 2.19. The van der Waals surface area contributed by atoms with Gasteiger partial charge in [-0.1, -0.05) is 41.9 Å².